The lowest BCUT2D eigenvalue weighted by atomic mass is 10.2. The minimum atomic E-state index is -0.0634. The van der Waals surface area contributed by atoms with Crippen molar-refractivity contribution in [1.82, 2.24) is 9.78 Å². The Morgan fingerprint density at radius 3 is 2.82 bits per heavy atom. The summed E-state index contributed by atoms with van der Waals surface area (Å²) in [6.45, 7) is 0.580. The van der Waals surface area contributed by atoms with Gasteiger partial charge in [0.1, 0.15) is 0 Å². The van der Waals surface area contributed by atoms with Crippen molar-refractivity contribution in [3.05, 3.63) is 51.4 Å². The first-order chi connectivity index (χ1) is 8.24. The Morgan fingerprint density at radius 2 is 2.12 bits per heavy atom. The quantitative estimate of drug-likeness (QED) is 0.869. The van der Waals surface area contributed by atoms with E-state index in [0.29, 0.717) is 23.7 Å². The standard InChI is InChI=1S/C12H14ClN3O/c13-10-5-1-2-6-11(10)16-12(17)9(8-15-16)4-3-7-14/h1-2,5-6,8,15H,3-4,7,14H2. The first kappa shape index (κ1) is 12.0. The zero-order valence-electron chi connectivity index (χ0n) is 9.32. The number of halogens is 1. The predicted octanol–water partition coefficient (Wildman–Crippen LogP) is 1.71. The van der Waals surface area contributed by atoms with E-state index in [1.54, 1.807) is 18.3 Å². The van der Waals surface area contributed by atoms with Crippen molar-refractivity contribution in [3.63, 3.8) is 0 Å². The van der Waals surface area contributed by atoms with Gasteiger partial charge in [0, 0.05) is 11.8 Å². The van der Waals surface area contributed by atoms with Crippen molar-refractivity contribution in [2.75, 3.05) is 6.54 Å². The van der Waals surface area contributed by atoms with Gasteiger partial charge in [-0.1, -0.05) is 23.7 Å². The van der Waals surface area contributed by atoms with Gasteiger partial charge in [-0.05, 0) is 31.5 Å². The highest BCUT2D eigenvalue weighted by Gasteiger charge is 2.09. The van der Waals surface area contributed by atoms with E-state index >= 15 is 0 Å². The van der Waals surface area contributed by atoms with Gasteiger partial charge in [0.05, 0.1) is 10.7 Å². The fourth-order valence-electron chi connectivity index (χ4n) is 1.69. The summed E-state index contributed by atoms with van der Waals surface area (Å²) in [5, 5.41) is 3.46. The highest BCUT2D eigenvalue weighted by Crippen LogP contribution is 2.17. The van der Waals surface area contributed by atoms with Crippen molar-refractivity contribution in [2.45, 2.75) is 12.8 Å². The van der Waals surface area contributed by atoms with Gasteiger partial charge in [-0.25, -0.2) is 4.68 Å². The molecule has 17 heavy (non-hydrogen) atoms. The molecule has 0 bridgehead atoms. The average Bonchev–Trinajstić information content (AvgIpc) is 2.69. The average molecular weight is 252 g/mol. The van der Waals surface area contributed by atoms with Crippen molar-refractivity contribution < 1.29 is 0 Å². The highest BCUT2D eigenvalue weighted by atomic mass is 35.5. The van der Waals surface area contributed by atoms with Crippen LogP contribution in [0.5, 0.6) is 0 Å². The summed E-state index contributed by atoms with van der Waals surface area (Å²) in [6.07, 6.45) is 3.19. The number of benzene rings is 1. The van der Waals surface area contributed by atoms with E-state index < -0.39 is 0 Å². The lowest BCUT2D eigenvalue weighted by molar-refractivity contribution is 0.816. The third-order valence-electron chi connectivity index (χ3n) is 2.59. The minimum absolute atomic E-state index is 0.0634. The smallest absolute Gasteiger partial charge is 0.274 e. The van der Waals surface area contributed by atoms with Crippen molar-refractivity contribution >= 4 is 11.6 Å². The van der Waals surface area contributed by atoms with Crippen LogP contribution in [0.3, 0.4) is 0 Å². The molecule has 0 fully saturated rings. The third kappa shape index (κ3) is 2.43. The number of aromatic nitrogens is 2. The molecule has 0 aliphatic heterocycles. The van der Waals surface area contributed by atoms with Crippen molar-refractivity contribution in [1.29, 1.82) is 0 Å². The summed E-state index contributed by atoms with van der Waals surface area (Å²) in [4.78, 5) is 12.1. The van der Waals surface area contributed by atoms with Crippen LogP contribution in [-0.2, 0) is 6.42 Å². The van der Waals surface area contributed by atoms with Gasteiger partial charge in [-0.2, -0.15) is 0 Å². The molecule has 0 saturated carbocycles. The Morgan fingerprint density at radius 1 is 1.35 bits per heavy atom. The molecule has 0 saturated heterocycles. The van der Waals surface area contributed by atoms with Crippen LogP contribution in [0.4, 0.5) is 0 Å². The summed E-state index contributed by atoms with van der Waals surface area (Å²) in [7, 11) is 0. The summed E-state index contributed by atoms with van der Waals surface area (Å²) < 4.78 is 1.45. The lowest BCUT2D eigenvalue weighted by Crippen LogP contribution is -2.18. The van der Waals surface area contributed by atoms with E-state index in [-0.39, 0.29) is 5.56 Å². The van der Waals surface area contributed by atoms with E-state index in [4.69, 9.17) is 17.3 Å². The molecule has 0 radical (unpaired) electrons. The monoisotopic (exact) mass is 251 g/mol. The molecule has 0 aliphatic rings. The number of hydrogen-bond acceptors (Lipinski definition) is 2. The molecule has 0 atom stereocenters. The topological polar surface area (TPSA) is 63.8 Å². The molecule has 5 heteroatoms. The number of nitrogens with one attached hydrogen (secondary N) is 1. The third-order valence-corrected chi connectivity index (χ3v) is 2.91. The molecular formula is C12H14ClN3O. The zero-order chi connectivity index (χ0) is 12.3. The van der Waals surface area contributed by atoms with Gasteiger partial charge >= 0.3 is 0 Å². The highest BCUT2D eigenvalue weighted by molar-refractivity contribution is 6.32. The fraction of sp³-hybridized carbons (Fsp3) is 0.250. The van der Waals surface area contributed by atoms with Crippen LogP contribution >= 0.6 is 11.6 Å². The molecule has 1 heterocycles. The normalized spacial score (nSPS) is 10.7. The summed E-state index contributed by atoms with van der Waals surface area (Å²) in [5.74, 6) is 0. The number of para-hydroxylation sites is 1. The maximum atomic E-state index is 12.1. The first-order valence-corrected chi connectivity index (χ1v) is 5.86. The molecule has 0 amide bonds. The summed E-state index contributed by atoms with van der Waals surface area (Å²) in [6, 6.07) is 7.22. The van der Waals surface area contributed by atoms with Crippen LogP contribution in [0.25, 0.3) is 5.69 Å². The van der Waals surface area contributed by atoms with Crippen LogP contribution in [-0.4, -0.2) is 16.3 Å². The Hall–Kier alpha value is -1.52. The second kappa shape index (κ2) is 5.21. The fourth-order valence-corrected chi connectivity index (χ4v) is 1.91. The maximum Gasteiger partial charge on any atom is 0.274 e. The molecule has 2 rings (SSSR count). The molecule has 0 aliphatic carbocycles. The molecule has 0 spiro atoms. The van der Waals surface area contributed by atoms with Gasteiger partial charge in [-0.15, -0.1) is 0 Å². The lowest BCUT2D eigenvalue weighted by Gasteiger charge is -2.03. The van der Waals surface area contributed by atoms with Gasteiger partial charge in [-0.3, -0.25) is 9.89 Å². The van der Waals surface area contributed by atoms with Crippen LogP contribution in [0.15, 0.2) is 35.3 Å². The molecule has 1 aromatic carbocycles. The second-order valence-electron chi connectivity index (χ2n) is 3.78. The van der Waals surface area contributed by atoms with Crippen LogP contribution < -0.4 is 11.3 Å². The maximum absolute atomic E-state index is 12.1. The Kier molecular flexibility index (Phi) is 3.66. The molecule has 0 unspecified atom stereocenters. The van der Waals surface area contributed by atoms with E-state index in [1.165, 1.54) is 4.68 Å². The summed E-state index contributed by atoms with van der Waals surface area (Å²) >= 11 is 6.04. The minimum Gasteiger partial charge on any atom is -0.330 e. The molecule has 3 N–H and O–H groups in total. The second-order valence-corrected chi connectivity index (χ2v) is 4.19. The number of nitrogens with two attached hydrogens (primary N) is 1. The molecular weight excluding hydrogens is 238 g/mol. The number of rotatable bonds is 4. The number of hydrogen-bond donors (Lipinski definition) is 2. The number of aromatic amines is 1. The van der Waals surface area contributed by atoms with Gasteiger partial charge in [0.25, 0.3) is 5.56 Å². The molecule has 4 nitrogen and oxygen atoms in total. The Bertz CT molecular complexity index is 559. The SMILES string of the molecule is NCCCc1c[nH]n(-c2ccccc2Cl)c1=O. The first-order valence-electron chi connectivity index (χ1n) is 5.48. The van der Waals surface area contributed by atoms with Crippen molar-refractivity contribution in [2.24, 2.45) is 5.73 Å². The van der Waals surface area contributed by atoms with E-state index in [9.17, 15) is 4.79 Å². The molecule has 2 aromatic rings. The van der Waals surface area contributed by atoms with Crippen LogP contribution in [0.1, 0.15) is 12.0 Å². The van der Waals surface area contributed by atoms with E-state index in [1.807, 2.05) is 12.1 Å². The number of aryl methyl sites for hydroxylation is 1. The summed E-state index contributed by atoms with van der Waals surface area (Å²) in [5.41, 5.74) is 6.76. The van der Waals surface area contributed by atoms with E-state index in [0.717, 1.165) is 12.0 Å². The largest absolute Gasteiger partial charge is 0.330 e. The van der Waals surface area contributed by atoms with Gasteiger partial charge in [0.15, 0.2) is 0 Å². The van der Waals surface area contributed by atoms with Gasteiger partial charge in [0.2, 0.25) is 0 Å². The van der Waals surface area contributed by atoms with Gasteiger partial charge < -0.3 is 5.73 Å². The number of H-pyrrole nitrogens is 1. The predicted molar refractivity (Wildman–Crippen MR) is 68.8 cm³/mol. The van der Waals surface area contributed by atoms with Crippen LogP contribution in [0, 0.1) is 0 Å². The Labute approximate surface area is 104 Å². The zero-order valence-corrected chi connectivity index (χ0v) is 10.1. The Balaban J connectivity index is 2.38. The molecule has 1 aromatic heterocycles. The van der Waals surface area contributed by atoms with Crippen LogP contribution in [0.2, 0.25) is 5.02 Å². The van der Waals surface area contributed by atoms with E-state index in [2.05, 4.69) is 5.10 Å². The molecule has 90 valence electrons. The van der Waals surface area contributed by atoms with Crippen molar-refractivity contribution in [3.8, 4) is 5.69 Å². The number of nitrogens with zero attached hydrogens (tertiary/aromatic N) is 1.